The summed E-state index contributed by atoms with van der Waals surface area (Å²) in [5.74, 6) is -1.96. The number of hydrogen-bond donors (Lipinski definition) is 1. The SMILES string of the molecule is O=C1c2ccccc2C(=O)N1CCc1c[nH]c(=S)n1[C@@H]1COc2c(F)cc(F)cc2C1. The summed E-state index contributed by atoms with van der Waals surface area (Å²) >= 11 is 5.41. The lowest BCUT2D eigenvalue weighted by molar-refractivity contribution is 0.0655. The number of fused-ring (bicyclic) bond motifs is 2. The molecule has 2 aliphatic rings. The number of rotatable bonds is 4. The maximum absolute atomic E-state index is 14.0. The lowest BCUT2D eigenvalue weighted by atomic mass is 10.0. The van der Waals surface area contributed by atoms with E-state index in [2.05, 4.69) is 4.98 Å². The Kier molecular flexibility index (Phi) is 4.70. The predicted molar refractivity (Wildman–Crippen MR) is 110 cm³/mol. The van der Waals surface area contributed by atoms with Crippen molar-refractivity contribution in [2.24, 2.45) is 0 Å². The van der Waals surface area contributed by atoms with Crippen molar-refractivity contribution >= 4 is 24.0 Å². The Morgan fingerprint density at radius 1 is 1.13 bits per heavy atom. The van der Waals surface area contributed by atoms with Crippen molar-refractivity contribution in [3.63, 3.8) is 0 Å². The number of hydrogen-bond acceptors (Lipinski definition) is 4. The normalized spacial score (nSPS) is 17.5. The summed E-state index contributed by atoms with van der Waals surface area (Å²) in [5, 5.41) is 0. The number of imidazole rings is 1. The van der Waals surface area contributed by atoms with Crippen LogP contribution >= 0.6 is 12.2 Å². The number of benzene rings is 2. The number of aromatic amines is 1. The van der Waals surface area contributed by atoms with Gasteiger partial charge in [0.15, 0.2) is 16.3 Å². The van der Waals surface area contributed by atoms with E-state index in [9.17, 15) is 18.4 Å². The smallest absolute Gasteiger partial charge is 0.261 e. The summed E-state index contributed by atoms with van der Waals surface area (Å²) in [5.41, 5.74) is 2.01. The minimum Gasteiger partial charge on any atom is -0.488 e. The minimum atomic E-state index is -0.725. The molecule has 9 heteroatoms. The van der Waals surface area contributed by atoms with Crippen molar-refractivity contribution in [1.29, 1.82) is 0 Å². The number of H-pyrrole nitrogens is 1. The Bertz CT molecular complexity index is 1250. The zero-order chi connectivity index (χ0) is 21.7. The van der Waals surface area contributed by atoms with Gasteiger partial charge in [0.25, 0.3) is 11.8 Å². The second-order valence-electron chi connectivity index (χ2n) is 7.56. The third-order valence-corrected chi connectivity index (χ3v) is 6.00. The maximum Gasteiger partial charge on any atom is 0.261 e. The number of carbonyl (C=O) groups excluding carboxylic acids is 2. The van der Waals surface area contributed by atoms with Crippen molar-refractivity contribution in [3.8, 4) is 5.75 Å². The molecule has 0 unspecified atom stereocenters. The van der Waals surface area contributed by atoms with Gasteiger partial charge in [-0.15, -0.1) is 0 Å². The fraction of sp³-hybridized carbons (Fsp3) is 0.227. The summed E-state index contributed by atoms with van der Waals surface area (Å²) in [4.78, 5) is 29.4. The molecule has 2 aromatic carbocycles. The molecule has 2 aliphatic heterocycles. The van der Waals surface area contributed by atoms with Gasteiger partial charge in [0.05, 0.1) is 17.2 Å². The van der Waals surface area contributed by atoms with E-state index in [4.69, 9.17) is 17.0 Å². The molecule has 3 heterocycles. The van der Waals surface area contributed by atoms with Crippen LogP contribution in [0, 0.1) is 16.4 Å². The van der Waals surface area contributed by atoms with Crippen LogP contribution in [-0.2, 0) is 12.8 Å². The Balaban J connectivity index is 1.37. The number of imide groups is 1. The highest BCUT2D eigenvalue weighted by Crippen LogP contribution is 2.33. The molecule has 6 nitrogen and oxygen atoms in total. The Morgan fingerprint density at radius 3 is 2.55 bits per heavy atom. The number of amides is 2. The van der Waals surface area contributed by atoms with Gasteiger partial charge in [-0.25, -0.2) is 8.78 Å². The van der Waals surface area contributed by atoms with E-state index in [0.717, 1.165) is 11.8 Å². The van der Waals surface area contributed by atoms with Crippen molar-refractivity contribution in [2.75, 3.05) is 13.2 Å². The summed E-state index contributed by atoms with van der Waals surface area (Å²) in [6.45, 7) is 0.355. The Hall–Kier alpha value is -3.33. The largest absolute Gasteiger partial charge is 0.488 e. The van der Waals surface area contributed by atoms with Gasteiger partial charge in [-0.2, -0.15) is 0 Å². The monoisotopic (exact) mass is 441 g/mol. The summed E-state index contributed by atoms with van der Waals surface area (Å²) < 4.78 is 35.5. The van der Waals surface area contributed by atoms with Crippen molar-refractivity contribution in [2.45, 2.75) is 18.9 Å². The van der Waals surface area contributed by atoms with Crippen LogP contribution < -0.4 is 4.74 Å². The fourth-order valence-electron chi connectivity index (χ4n) is 4.26. The first kappa shape index (κ1) is 19.6. The molecule has 0 spiro atoms. The van der Waals surface area contributed by atoms with E-state index >= 15 is 0 Å². The molecule has 0 radical (unpaired) electrons. The van der Waals surface area contributed by atoms with Gasteiger partial charge in [-0.05, 0) is 30.4 Å². The van der Waals surface area contributed by atoms with E-state index in [1.165, 1.54) is 11.0 Å². The van der Waals surface area contributed by atoms with Crippen molar-refractivity contribution in [3.05, 3.63) is 81.4 Å². The topological polar surface area (TPSA) is 67.3 Å². The van der Waals surface area contributed by atoms with E-state index in [1.807, 2.05) is 4.57 Å². The van der Waals surface area contributed by atoms with Gasteiger partial charge in [-0.1, -0.05) is 12.1 Å². The van der Waals surface area contributed by atoms with Crippen LogP contribution in [0.1, 0.15) is 38.0 Å². The molecule has 0 bridgehead atoms. The number of nitrogens with zero attached hydrogens (tertiary/aromatic N) is 2. The van der Waals surface area contributed by atoms with Gasteiger partial charge < -0.3 is 14.3 Å². The van der Waals surface area contributed by atoms with Crippen molar-refractivity contribution in [1.82, 2.24) is 14.5 Å². The molecule has 0 saturated carbocycles. The minimum absolute atomic E-state index is 0.0623. The van der Waals surface area contributed by atoms with E-state index < -0.39 is 11.6 Å². The van der Waals surface area contributed by atoms with Crippen LogP contribution in [0.2, 0.25) is 0 Å². The molecule has 31 heavy (non-hydrogen) atoms. The number of aromatic nitrogens is 2. The molecular weight excluding hydrogens is 424 g/mol. The van der Waals surface area contributed by atoms with Crippen LogP contribution in [0.4, 0.5) is 8.78 Å². The van der Waals surface area contributed by atoms with Crippen LogP contribution in [0.3, 0.4) is 0 Å². The van der Waals surface area contributed by atoms with Crippen LogP contribution in [0.15, 0.2) is 42.6 Å². The quantitative estimate of drug-likeness (QED) is 0.494. The summed E-state index contributed by atoms with van der Waals surface area (Å²) in [6.07, 6.45) is 2.44. The molecule has 0 fully saturated rings. The van der Waals surface area contributed by atoms with Gasteiger partial charge in [0, 0.05) is 42.9 Å². The van der Waals surface area contributed by atoms with Crippen LogP contribution in [-0.4, -0.2) is 39.4 Å². The molecule has 0 saturated heterocycles. The molecule has 2 amide bonds. The molecule has 1 aromatic heterocycles. The highest BCUT2D eigenvalue weighted by atomic mass is 32.1. The van der Waals surface area contributed by atoms with E-state index in [1.54, 1.807) is 30.5 Å². The highest BCUT2D eigenvalue weighted by Gasteiger charge is 2.35. The van der Waals surface area contributed by atoms with E-state index in [0.29, 0.717) is 34.3 Å². The first-order valence-electron chi connectivity index (χ1n) is 9.78. The Morgan fingerprint density at radius 2 is 1.84 bits per heavy atom. The molecule has 1 atom stereocenters. The second-order valence-corrected chi connectivity index (χ2v) is 7.94. The third-order valence-electron chi connectivity index (χ3n) is 5.69. The average Bonchev–Trinajstić information content (AvgIpc) is 3.23. The second kappa shape index (κ2) is 7.42. The molecule has 5 rings (SSSR count). The molecule has 158 valence electrons. The summed E-state index contributed by atoms with van der Waals surface area (Å²) in [7, 11) is 0. The van der Waals surface area contributed by atoms with Crippen LogP contribution in [0.5, 0.6) is 5.75 Å². The van der Waals surface area contributed by atoms with Gasteiger partial charge in [0.2, 0.25) is 0 Å². The van der Waals surface area contributed by atoms with Gasteiger partial charge in [-0.3, -0.25) is 14.5 Å². The molecule has 0 aliphatic carbocycles. The third kappa shape index (κ3) is 3.25. The Labute approximate surface area is 181 Å². The zero-order valence-corrected chi connectivity index (χ0v) is 17.0. The summed E-state index contributed by atoms with van der Waals surface area (Å²) in [6, 6.07) is 8.52. The molecule has 1 N–H and O–H groups in total. The standard InChI is InChI=1S/C22H17F2N3O3S/c23-13-7-12-8-15(11-30-19(12)18(24)9-13)27-14(10-25-22(27)31)5-6-26-20(28)16-3-1-2-4-17(16)21(26)29/h1-4,7,9-10,15H,5-6,8,11H2,(H,25,31)/t15-/m0/s1. The molecular formula is C22H17F2N3O3S. The fourth-order valence-corrected chi connectivity index (χ4v) is 4.59. The lowest BCUT2D eigenvalue weighted by Crippen LogP contribution is -2.33. The number of ether oxygens (including phenoxy) is 1. The number of halogens is 2. The lowest BCUT2D eigenvalue weighted by Gasteiger charge is -2.28. The van der Waals surface area contributed by atoms with Gasteiger partial charge >= 0.3 is 0 Å². The van der Waals surface area contributed by atoms with Crippen LogP contribution in [0.25, 0.3) is 0 Å². The van der Waals surface area contributed by atoms with Gasteiger partial charge in [0.1, 0.15) is 12.4 Å². The maximum atomic E-state index is 14.0. The average molecular weight is 441 g/mol. The van der Waals surface area contributed by atoms with E-state index in [-0.39, 0.29) is 36.8 Å². The van der Waals surface area contributed by atoms with Crippen molar-refractivity contribution < 1.29 is 23.1 Å². The zero-order valence-electron chi connectivity index (χ0n) is 16.2. The highest BCUT2D eigenvalue weighted by molar-refractivity contribution is 7.71. The molecule has 3 aromatic rings. The predicted octanol–water partition coefficient (Wildman–Crippen LogP) is 3.84. The number of nitrogens with one attached hydrogen (secondary N) is 1. The first-order valence-corrected chi connectivity index (χ1v) is 10.2. The first-order chi connectivity index (χ1) is 14.9. The number of carbonyl (C=O) groups is 2.